The topological polar surface area (TPSA) is 54.0 Å². The first-order valence-electron chi connectivity index (χ1n) is 6.10. The molecule has 0 saturated carbocycles. The first-order valence-corrected chi connectivity index (χ1v) is 7.59. The van der Waals surface area contributed by atoms with Crippen molar-refractivity contribution in [2.75, 3.05) is 5.32 Å². The highest BCUT2D eigenvalue weighted by Gasteiger charge is 2.02. The smallest absolute Gasteiger partial charge is 0.250 e. The van der Waals surface area contributed by atoms with Crippen molar-refractivity contribution in [2.45, 2.75) is 0 Å². The molecule has 1 amide bonds. The molecule has 0 aliphatic carbocycles. The highest BCUT2D eigenvalue weighted by Crippen LogP contribution is 2.06. The third-order valence-corrected chi connectivity index (χ3v) is 3.27. The molecule has 0 atom stereocenters. The zero-order chi connectivity index (χ0) is 15.1. The van der Waals surface area contributed by atoms with Crippen molar-refractivity contribution < 1.29 is 4.79 Å². The molecular weight excluding hydrogens is 397 g/mol. The van der Waals surface area contributed by atoms with Crippen LogP contribution in [0.1, 0.15) is 5.56 Å². The minimum absolute atomic E-state index is 0.214. The molecule has 0 saturated heterocycles. The average molecular weight is 409 g/mol. The third-order valence-electron chi connectivity index (χ3n) is 2.43. The summed E-state index contributed by atoms with van der Waals surface area (Å²) in [4.78, 5) is 15.9. The highest BCUT2D eigenvalue weighted by molar-refractivity contribution is 14.1. The molecule has 1 heterocycles. The molecule has 0 spiro atoms. The summed E-state index contributed by atoms with van der Waals surface area (Å²) >= 11 is 7.22. The number of carbonyl (C=O) groups is 1. The van der Waals surface area contributed by atoms with Gasteiger partial charge in [-0.3, -0.25) is 10.1 Å². The summed E-state index contributed by atoms with van der Waals surface area (Å²) < 4.78 is 1.03. The van der Waals surface area contributed by atoms with Crippen LogP contribution in [0.4, 0.5) is 5.82 Å². The van der Waals surface area contributed by atoms with Crippen LogP contribution in [0.15, 0.2) is 54.7 Å². The fourth-order valence-corrected chi connectivity index (χ4v) is 2.01. The maximum atomic E-state index is 11.7. The highest BCUT2D eigenvalue weighted by atomic mass is 127. The second kappa shape index (κ2) is 7.84. The Morgan fingerprint density at radius 3 is 2.62 bits per heavy atom. The first-order chi connectivity index (χ1) is 10.1. The summed E-state index contributed by atoms with van der Waals surface area (Å²) in [5.41, 5.74) is 0.950. The van der Waals surface area contributed by atoms with Gasteiger partial charge in [-0.1, -0.05) is 30.3 Å². The van der Waals surface area contributed by atoms with Gasteiger partial charge in [0.05, 0.1) is 0 Å². The number of halogens is 1. The lowest BCUT2D eigenvalue weighted by Crippen LogP contribution is -2.33. The molecule has 0 aliphatic rings. The van der Waals surface area contributed by atoms with Crippen molar-refractivity contribution in [1.82, 2.24) is 10.3 Å². The van der Waals surface area contributed by atoms with Gasteiger partial charge >= 0.3 is 0 Å². The predicted octanol–water partition coefficient (Wildman–Crippen LogP) is 3.21. The van der Waals surface area contributed by atoms with E-state index in [1.165, 1.54) is 6.08 Å². The first kappa shape index (κ1) is 15.6. The maximum absolute atomic E-state index is 11.7. The van der Waals surface area contributed by atoms with Crippen LogP contribution in [0.25, 0.3) is 6.08 Å². The molecule has 0 radical (unpaired) electrons. The molecule has 0 aliphatic heterocycles. The number of nitrogens with zero attached hydrogens (tertiary/aromatic N) is 1. The molecule has 2 aromatic rings. The molecule has 0 unspecified atom stereocenters. The molecule has 4 nitrogen and oxygen atoms in total. The van der Waals surface area contributed by atoms with Crippen molar-refractivity contribution in [3.05, 3.63) is 63.9 Å². The van der Waals surface area contributed by atoms with E-state index in [0.29, 0.717) is 5.82 Å². The van der Waals surface area contributed by atoms with Crippen molar-refractivity contribution in [2.24, 2.45) is 0 Å². The van der Waals surface area contributed by atoms with Gasteiger partial charge in [0.25, 0.3) is 0 Å². The maximum Gasteiger partial charge on any atom is 0.250 e. The van der Waals surface area contributed by atoms with Crippen LogP contribution in [0.2, 0.25) is 0 Å². The number of rotatable bonds is 3. The molecule has 2 rings (SSSR count). The predicted molar refractivity (Wildman–Crippen MR) is 96.8 cm³/mol. The number of thiocarbonyl (C=S) groups is 1. The van der Waals surface area contributed by atoms with E-state index >= 15 is 0 Å². The van der Waals surface area contributed by atoms with Crippen molar-refractivity contribution >= 4 is 57.7 Å². The Morgan fingerprint density at radius 2 is 1.95 bits per heavy atom. The van der Waals surface area contributed by atoms with Gasteiger partial charge in [-0.15, -0.1) is 0 Å². The summed E-state index contributed by atoms with van der Waals surface area (Å²) in [6.45, 7) is 0. The Balaban J connectivity index is 1.86. The van der Waals surface area contributed by atoms with E-state index in [2.05, 4.69) is 38.2 Å². The van der Waals surface area contributed by atoms with E-state index in [9.17, 15) is 4.79 Å². The van der Waals surface area contributed by atoms with Gasteiger partial charge in [0.1, 0.15) is 5.82 Å². The lowest BCUT2D eigenvalue weighted by Gasteiger charge is -2.07. The standard InChI is InChI=1S/C15H12IN3OS/c16-12-7-8-13(17-10-12)18-15(21)19-14(20)9-6-11-4-2-1-3-5-11/h1-10H,(H2,17,18,19,20,21). The SMILES string of the molecule is O=C(C=Cc1ccccc1)NC(=S)Nc1ccc(I)cn1. The van der Waals surface area contributed by atoms with Gasteiger partial charge in [-0.25, -0.2) is 4.98 Å². The quantitative estimate of drug-likeness (QED) is 0.465. The second-order valence-corrected chi connectivity index (χ2v) is 5.70. The third kappa shape index (κ3) is 5.60. The minimum Gasteiger partial charge on any atom is -0.317 e. The van der Waals surface area contributed by atoms with E-state index in [1.807, 2.05) is 36.4 Å². The number of amides is 1. The number of anilines is 1. The van der Waals surface area contributed by atoms with Gasteiger partial charge in [0, 0.05) is 15.8 Å². The summed E-state index contributed by atoms with van der Waals surface area (Å²) in [5.74, 6) is 0.301. The fourth-order valence-electron chi connectivity index (χ4n) is 1.49. The van der Waals surface area contributed by atoms with E-state index in [0.717, 1.165) is 9.13 Å². The van der Waals surface area contributed by atoms with Crippen molar-refractivity contribution in [1.29, 1.82) is 0 Å². The van der Waals surface area contributed by atoms with Crippen molar-refractivity contribution in [3.8, 4) is 0 Å². The molecular formula is C15H12IN3OS. The molecule has 2 N–H and O–H groups in total. The lowest BCUT2D eigenvalue weighted by molar-refractivity contribution is -0.115. The number of benzene rings is 1. The summed E-state index contributed by atoms with van der Waals surface area (Å²) in [7, 11) is 0. The number of aromatic nitrogens is 1. The zero-order valence-corrected chi connectivity index (χ0v) is 13.9. The van der Waals surface area contributed by atoms with Gasteiger partial charge in [0.2, 0.25) is 5.91 Å². The Kier molecular flexibility index (Phi) is 5.82. The molecule has 1 aromatic heterocycles. The Hall–Kier alpha value is -1.80. The Morgan fingerprint density at radius 1 is 1.19 bits per heavy atom. The van der Waals surface area contributed by atoms with Crippen LogP contribution in [-0.4, -0.2) is 16.0 Å². The molecule has 0 fully saturated rings. The van der Waals surface area contributed by atoms with Gasteiger partial charge in [0.15, 0.2) is 5.11 Å². The lowest BCUT2D eigenvalue weighted by atomic mass is 10.2. The number of nitrogens with one attached hydrogen (secondary N) is 2. The minimum atomic E-state index is -0.290. The summed E-state index contributed by atoms with van der Waals surface area (Å²) in [6, 6.07) is 13.3. The van der Waals surface area contributed by atoms with E-state index < -0.39 is 0 Å². The molecule has 106 valence electrons. The van der Waals surface area contributed by atoms with Crippen LogP contribution in [0.5, 0.6) is 0 Å². The number of hydrogen-bond acceptors (Lipinski definition) is 3. The zero-order valence-electron chi connectivity index (χ0n) is 10.9. The van der Waals surface area contributed by atoms with E-state index in [4.69, 9.17) is 12.2 Å². The van der Waals surface area contributed by atoms with Crippen LogP contribution in [0.3, 0.4) is 0 Å². The van der Waals surface area contributed by atoms with Gasteiger partial charge < -0.3 is 5.32 Å². The Bertz CT molecular complexity index is 656. The average Bonchev–Trinajstić information content (AvgIpc) is 2.48. The number of hydrogen-bond donors (Lipinski definition) is 2. The number of pyridine rings is 1. The van der Waals surface area contributed by atoms with Gasteiger partial charge in [-0.05, 0) is 58.6 Å². The Labute approximate surface area is 141 Å². The molecule has 0 bridgehead atoms. The monoisotopic (exact) mass is 409 g/mol. The molecule has 21 heavy (non-hydrogen) atoms. The molecule has 1 aromatic carbocycles. The largest absolute Gasteiger partial charge is 0.317 e. The summed E-state index contributed by atoms with van der Waals surface area (Å²) in [5, 5.41) is 5.63. The van der Waals surface area contributed by atoms with Crippen LogP contribution < -0.4 is 10.6 Å². The van der Waals surface area contributed by atoms with Crippen LogP contribution >= 0.6 is 34.8 Å². The number of carbonyl (C=O) groups excluding carboxylic acids is 1. The normalized spacial score (nSPS) is 10.3. The molecule has 6 heteroatoms. The fraction of sp³-hybridized carbons (Fsp3) is 0. The second-order valence-electron chi connectivity index (χ2n) is 4.05. The van der Waals surface area contributed by atoms with Gasteiger partial charge in [-0.2, -0.15) is 0 Å². The van der Waals surface area contributed by atoms with E-state index in [1.54, 1.807) is 18.3 Å². The van der Waals surface area contributed by atoms with Crippen LogP contribution in [-0.2, 0) is 4.79 Å². The van der Waals surface area contributed by atoms with E-state index in [-0.39, 0.29) is 11.0 Å². The van der Waals surface area contributed by atoms with Crippen LogP contribution in [0, 0.1) is 3.57 Å². The van der Waals surface area contributed by atoms with Crippen molar-refractivity contribution in [3.63, 3.8) is 0 Å². The summed E-state index contributed by atoms with van der Waals surface area (Å²) in [6.07, 6.45) is 4.87.